The normalized spacial score (nSPS) is 15.8. The summed E-state index contributed by atoms with van der Waals surface area (Å²) >= 11 is 1.46. The largest absolute Gasteiger partial charge is 0.397 e. The second-order valence-corrected chi connectivity index (χ2v) is 6.30. The van der Waals surface area contributed by atoms with Crippen LogP contribution in [0.15, 0.2) is 18.5 Å². The molecular weight excluding hydrogens is 270 g/mol. The molecule has 1 saturated carbocycles. The van der Waals surface area contributed by atoms with Crippen LogP contribution in [-0.2, 0) is 0 Å². The second kappa shape index (κ2) is 5.40. The highest BCUT2D eigenvalue weighted by Crippen LogP contribution is 2.35. The summed E-state index contributed by atoms with van der Waals surface area (Å²) < 4.78 is 0.982. The SMILES string of the molecule is CCN(C(=O)c1sc2cnccc2c1N)C1CCCC1. The zero-order chi connectivity index (χ0) is 14.1. The lowest BCUT2D eigenvalue weighted by atomic mass is 10.2. The summed E-state index contributed by atoms with van der Waals surface area (Å²) in [4.78, 5) is 19.5. The maximum atomic E-state index is 12.8. The molecule has 0 aromatic carbocycles. The van der Waals surface area contributed by atoms with Crippen molar-refractivity contribution in [1.29, 1.82) is 0 Å². The van der Waals surface area contributed by atoms with E-state index in [1.54, 1.807) is 12.4 Å². The van der Waals surface area contributed by atoms with Gasteiger partial charge in [-0.05, 0) is 25.8 Å². The summed E-state index contributed by atoms with van der Waals surface area (Å²) in [5.74, 6) is 0.0816. The number of hydrogen-bond donors (Lipinski definition) is 1. The maximum Gasteiger partial charge on any atom is 0.266 e. The van der Waals surface area contributed by atoms with E-state index in [4.69, 9.17) is 5.73 Å². The minimum atomic E-state index is 0.0816. The number of nitrogen functional groups attached to an aromatic ring is 1. The lowest BCUT2D eigenvalue weighted by Gasteiger charge is -2.27. The van der Waals surface area contributed by atoms with Crippen molar-refractivity contribution in [1.82, 2.24) is 9.88 Å². The Morgan fingerprint density at radius 3 is 2.90 bits per heavy atom. The maximum absolute atomic E-state index is 12.8. The van der Waals surface area contributed by atoms with Crippen LogP contribution in [0.25, 0.3) is 10.1 Å². The molecule has 2 heterocycles. The zero-order valence-electron chi connectivity index (χ0n) is 11.6. The Morgan fingerprint density at radius 1 is 1.50 bits per heavy atom. The number of carbonyl (C=O) groups excluding carboxylic acids is 1. The zero-order valence-corrected chi connectivity index (χ0v) is 12.4. The van der Waals surface area contributed by atoms with E-state index in [0.29, 0.717) is 16.6 Å². The number of thiophene rings is 1. The fraction of sp³-hybridized carbons (Fsp3) is 0.467. The topological polar surface area (TPSA) is 59.2 Å². The molecule has 3 rings (SSSR count). The van der Waals surface area contributed by atoms with Crippen molar-refractivity contribution in [3.63, 3.8) is 0 Å². The first-order valence-electron chi connectivity index (χ1n) is 7.15. The highest BCUT2D eigenvalue weighted by molar-refractivity contribution is 7.21. The molecule has 0 atom stereocenters. The van der Waals surface area contributed by atoms with Gasteiger partial charge in [-0.2, -0.15) is 0 Å². The number of fused-ring (bicyclic) bond motifs is 1. The molecule has 1 amide bonds. The summed E-state index contributed by atoms with van der Waals surface area (Å²) in [7, 11) is 0. The molecule has 20 heavy (non-hydrogen) atoms. The van der Waals surface area contributed by atoms with Gasteiger partial charge in [-0.3, -0.25) is 9.78 Å². The van der Waals surface area contributed by atoms with Crippen LogP contribution in [-0.4, -0.2) is 28.4 Å². The molecular formula is C15H19N3OS. The molecule has 1 aliphatic rings. The van der Waals surface area contributed by atoms with Crippen LogP contribution in [0.5, 0.6) is 0 Å². The van der Waals surface area contributed by atoms with E-state index >= 15 is 0 Å². The number of aromatic nitrogens is 1. The van der Waals surface area contributed by atoms with Crippen LogP contribution in [0.1, 0.15) is 42.3 Å². The molecule has 0 spiro atoms. The number of nitrogens with zero attached hydrogens (tertiary/aromatic N) is 2. The number of rotatable bonds is 3. The molecule has 0 bridgehead atoms. The minimum absolute atomic E-state index is 0.0816. The van der Waals surface area contributed by atoms with Gasteiger partial charge in [0.25, 0.3) is 5.91 Å². The smallest absolute Gasteiger partial charge is 0.266 e. The standard InChI is InChI=1S/C15H19N3OS/c1-2-18(10-5-3-4-6-10)15(19)14-13(16)11-7-8-17-9-12(11)20-14/h7-10H,2-6,16H2,1H3. The molecule has 2 N–H and O–H groups in total. The molecule has 0 unspecified atom stereocenters. The third kappa shape index (κ3) is 2.16. The van der Waals surface area contributed by atoms with Crippen molar-refractivity contribution in [2.45, 2.75) is 38.6 Å². The third-order valence-corrected chi connectivity index (χ3v) is 5.24. The van der Waals surface area contributed by atoms with E-state index in [1.807, 2.05) is 17.9 Å². The van der Waals surface area contributed by atoms with Gasteiger partial charge >= 0.3 is 0 Å². The Kier molecular flexibility index (Phi) is 3.61. The predicted molar refractivity (Wildman–Crippen MR) is 83.0 cm³/mol. The molecule has 0 aliphatic heterocycles. The number of nitrogens with two attached hydrogens (primary N) is 1. The van der Waals surface area contributed by atoms with Crippen LogP contribution < -0.4 is 5.73 Å². The average Bonchev–Trinajstić information content (AvgIpc) is 3.09. The Morgan fingerprint density at radius 2 is 2.25 bits per heavy atom. The first-order chi connectivity index (χ1) is 9.72. The monoisotopic (exact) mass is 289 g/mol. The van der Waals surface area contributed by atoms with Crippen molar-refractivity contribution >= 4 is 33.0 Å². The van der Waals surface area contributed by atoms with Crippen molar-refractivity contribution in [2.75, 3.05) is 12.3 Å². The average molecular weight is 289 g/mol. The number of amides is 1. The third-order valence-electron chi connectivity index (χ3n) is 4.09. The number of hydrogen-bond acceptors (Lipinski definition) is 4. The summed E-state index contributed by atoms with van der Waals surface area (Å²) in [6.45, 7) is 2.79. The molecule has 0 radical (unpaired) electrons. The van der Waals surface area contributed by atoms with Gasteiger partial charge in [0.1, 0.15) is 4.88 Å². The van der Waals surface area contributed by atoms with Gasteiger partial charge in [0.05, 0.1) is 10.4 Å². The quantitative estimate of drug-likeness (QED) is 0.943. The Bertz CT molecular complexity index is 631. The summed E-state index contributed by atoms with van der Waals surface area (Å²) in [5.41, 5.74) is 6.77. The lowest BCUT2D eigenvalue weighted by molar-refractivity contribution is 0.0699. The molecule has 1 fully saturated rings. The van der Waals surface area contributed by atoms with Crippen molar-refractivity contribution < 1.29 is 4.79 Å². The first-order valence-corrected chi connectivity index (χ1v) is 7.97. The molecule has 106 valence electrons. The van der Waals surface area contributed by atoms with Gasteiger partial charge in [0.2, 0.25) is 0 Å². The summed E-state index contributed by atoms with van der Waals surface area (Å²) in [5, 5.41) is 0.941. The Balaban J connectivity index is 1.96. The highest BCUT2D eigenvalue weighted by atomic mass is 32.1. The fourth-order valence-electron chi connectivity index (χ4n) is 3.04. The van der Waals surface area contributed by atoms with Crippen LogP contribution in [0.4, 0.5) is 5.69 Å². The molecule has 5 heteroatoms. The van der Waals surface area contributed by atoms with E-state index < -0.39 is 0 Å². The van der Waals surface area contributed by atoms with E-state index in [-0.39, 0.29) is 5.91 Å². The molecule has 0 saturated heterocycles. The van der Waals surface area contributed by atoms with Gasteiger partial charge in [-0.1, -0.05) is 12.8 Å². The number of pyridine rings is 1. The Hall–Kier alpha value is -1.62. The van der Waals surface area contributed by atoms with Crippen LogP contribution in [0.3, 0.4) is 0 Å². The van der Waals surface area contributed by atoms with Crippen LogP contribution in [0.2, 0.25) is 0 Å². The van der Waals surface area contributed by atoms with Crippen LogP contribution >= 0.6 is 11.3 Å². The second-order valence-electron chi connectivity index (χ2n) is 5.25. The minimum Gasteiger partial charge on any atom is -0.397 e. The predicted octanol–water partition coefficient (Wildman–Crippen LogP) is 3.28. The van der Waals surface area contributed by atoms with Crippen molar-refractivity contribution in [3.8, 4) is 0 Å². The molecule has 2 aromatic heterocycles. The van der Waals surface area contributed by atoms with E-state index in [2.05, 4.69) is 4.98 Å². The molecule has 4 nitrogen and oxygen atoms in total. The van der Waals surface area contributed by atoms with Gasteiger partial charge < -0.3 is 10.6 Å². The summed E-state index contributed by atoms with van der Waals surface area (Å²) in [6, 6.07) is 2.26. The van der Waals surface area contributed by atoms with Crippen molar-refractivity contribution in [3.05, 3.63) is 23.3 Å². The lowest BCUT2D eigenvalue weighted by Crippen LogP contribution is -2.38. The highest BCUT2D eigenvalue weighted by Gasteiger charge is 2.28. The van der Waals surface area contributed by atoms with E-state index in [9.17, 15) is 4.79 Å². The van der Waals surface area contributed by atoms with E-state index in [1.165, 1.54) is 24.2 Å². The van der Waals surface area contributed by atoms with Crippen LogP contribution in [0, 0.1) is 0 Å². The van der Waals surface area contributed by atoms with Gasteiger partial charge in [-0.15, -0.1) is 11.3 Å². The van der Waals surface area contributed by atoms with Gasteiger partial charge in [-0.25, -0.2) is 0 Å². The van der Waals surface area contributed by atoms with E-state index in [0.717, 1.165) is 29.5 Å². The Labute approximate surface area is 122 Å². The summed E-state index contributed by atoms with van der Waals surface area (Å²) in [6.07, 6.45) is 8.17. The fourth-order valence-corrected chi connectivity index (χ4v) is 4.09. The van der Waals surface area contributed by atoms with Gasteiger partial charge in [0.15, 0.2) is 0 Å². The van der Waals surface area contributed by atoms with Crippen molar-refractivity contribution in [2.24, 2.45) is 0 Å². The number of carbonyl (C=O) groups is 1. The van der Waals surface area contributed by atoms with Gasteiger partial charge in [0, 0.05) is 30.4 Å². The first kappa shape index (κ1) is 13.4. The molecule has 2 aromatic rings. The number of anilines is 1. The molecule has 1 aliphatic carbocycles.